The molecule has 0 atom stereocenters. The minimum absolute atomic E-state index is 0.745. The standard InChI is InChI=1S/C24H28N/c1-17-9-11-20-13-14-25(3)24(23(20)15-17)22-16-21(12-10-18(22)2)19-7-5-4-6-8-19/h9-16,19H,4-8H2,1-3H3/q+1. The molecule has 0 unspecified atom stereocenters. The number of aryl methyl sites for hydroxylation is 3. The molecule has 0 saturated heterocycles. The highest BCUT2D eigenvalue weighted by atomic mass is 14.9. The fraction of sp³-hybridized carbons (Fsp3) is 0.375. The molecule has 3 aromatic rings. The molecule has 1 aliphatic rings. The van der Waals surface area contributed by atoms with Crippen LogP contribution in [0.1, 0.15) is 54.7 Å². The number of nitrogens with zero attached hydrogens (tertiary/aromatic N) is 1. The van der Waals surface area contributed by atoms with Crippen molar-refractivity contribution in [2.45, 2.75) is 51.9 Å². The van der Waals surface area contributed by atoms with Crippen molar-refractivity contribution in [2.75, 3.05) is 0 Å². The third-order valence-electron chi connectivity index (χ3n) is 5.89. The molecule has 128 valence electrons. The van der Waals surface area contributed by atoms with Crippen molar-refractivity contribution in [1.82, 2.24) is 0 Å². The summed E-state index contributed by atoms with van der Waals surface area (Å²) in [5.41, 5.74) is 6.95. The summed E-state index contributed by atoms with van der Waals surface area (Å²) in [5.74, 6) is 0.745. The van der Waals surface area contributed by atoms with Crippen LogP contribution in [0.2, 0.25) is 0 Å². The normalized spacial score (nSPS) is 15.6. The van der Waals surface area contributed by atoms with Crippen LogP contribution >= 0.6 is 0 Å². The van der Waals surface area contributed by atoms with Crippen LogP contribution in [0.3, 0.4) is 0 Å². The number of rotatable bonds is 2. The Morgan fingerprint density at radius 1 is 0.880 bits per heavy atom. The molecular formula is C24H28N+. The third kappa shape index (κ3) is 3.08. The van der Waals surface area contributed by atoms with Crippen LogP contribution in [0, 0.1) is 13.8 Å². The molecule has 0 spiro atoms. The third-order valence-corrected chi connectivity index (χ3v) is 5.89. The molecular weight excluding hydrogens is 302 g/mol. The van der Waals surface area contributed by atoms with E-state index in [9.17, 15) is 0 Å². The summed E-state index contributed by atoms with van der Waals surface area (Å²) in [6.45, 7) is 4.43. The van der Waals surface area contributed by atoms with Gasteiger partial charge in [0, 0.05) is 11.6 Å². The number of pyridine rings is 1. The van der Waals surface area contributed by atoms with Crippen LogP contribution < -0.4 is 4.57 Å². The first kappa shape index (κ1) is 16.3. The molecule has 2 aromatic carbocycles. The van der Waals surface area contributed by atoms with E-state index in [0.717, 1.165) is 5.92 Å². The van der Waals surface area contributed by atoms with Gasteiger partial charge in [-0.25, -0.2) is 4.57 Å². The molecule has 1 nitrogen and oxygen atoms in total. The molecule has 1 fully saturated rings. The summed E-state index contributed by atoms with van der Waals surface area (Å²) in [7, 11) is 2.17. The van der Waals surface area contributed by atoms with Gasteiger partial charge in [0.2, 0.25) is 5.69 Å². The first-order chi connectivity index (χ1) is 12.1. The van der Waals surface area contributed by atoms with Crippen molar-refractivity contribution in [3.8, 4) is 11.3 Å². The summed E-state index contributed by atoms with van der Waals surface area (Å²) in [5, 5.41) is 2.68. The van der Waals surface area contributed by atoms with Gasteiger partial charge in [0.25, 0.3) is 0 Å². The van der Waals surface area contributed by atoms with Gasteiger partial charge in [-0.05, 0) is 61.3 Å². The second-order valence-corrected chi connectivity index (χ2v) is 7.78. The zero-order valence-electron chi connectivity index (χ0n) is 15.7. The Balaban J connectivity index is 1.90. The molecule has 0 aliphatic heterocycles. The molecule has 25 heavy (non-hydrogen) atoms. The lowest BCUT2D eigenvalue weighted by Gasteiger charge is -2.22. The van der Waals surface area contributed by atoms with Crippen molar-refractivity contribution < 1.29 is 4.57 Å². The van der Waals surface area contributed by atoms with Crippen LogP contribution in [0.4, 0.5) is 0 Å². The van der Waals surface area contributed by atoms with Gasteiger partial charge in [-0.15, -0.1) is 0 Å². The molecule has 1 heteroatoms. The van der Waals surface area contributed by atoms with Crippen LogP contribution in [0.5, 0.6) is 0 Å². The smallest absolute Gasteiger partial charge is 0.200 e. The van der Waals surface area contributed by atoms with Gasteiger partial charge >= 0.3 is 0 Å². The Bertz CT molecular complexity index is 912. The summed E-state index contributed by atoms with van der Waals surface area (Å²) in [6, 6.07) is 16.2. The number of fused-ring (bicyclic) bond motifs is 1. The Labute approximate surface area is 151 Å². The molecule has 0 N–H and O–H groups in total. The Kier molecular flexibility index (Phi) is 4.33. The second kappa shape index (κ2) is 6.63. The van der Waals surface area contributed by atoms with E-state index in [-0.39, 0.29) is 0 Å². The maximum Gasteiger partial charge on any atom is 0.220 e. The van der Waals surface area contributed by atoms with Gasteiger partial charge in [0.05, 0.1) is 5.39 Å². The average molecular weight is 330 g/mol. The minimum Gasteiger partial charge on any atom is -0.200 e. The maximum atomic E-state index is 2.47. The summed E-state index contributed by atoms with van der Waals surface area (Å²) in [4.78, 5) is 0. The molecule has 0 bridgehead atoms. The quantitative estimate of drug-likeness (QED) is 0.508. The van der Waals surface area contributed by atoms with Crippen LogP contribution in [0.15, 0.2) is 48.7 Å². The van der Waals surface area contributed by atoms with Gasteiger partial charge < -0.3 is 0 Å². The van der Waals surface area contributed by atoms with E-state index >= 15 is 0 Å². The molecule has 1 aliphatic carbocycles. The van der Waals surface area contributed by atoms with Crippen molar-refractivity contribution in [2.24, 2.45) is 7.05 Å². The van der Waals surface area contributed by atoms with Crippen molar-refractivity contribution in [3.63, 3.8) is 0 Å². The highest BCUT2D eigenvalue weighted by molar-refractivity contribution is 5.94. The first-order valence-corrected chi connectivity index (χ1v) is 9.63. The van der Waals surface area contributed by atoms with E-state index in [2.05, 4.69) is 74.1 Å². The van der Waals surface area contributed by atoms with Gasteiger partial charge in [0.15, 0.2) is 6.20 Å². The highest BCUT2D eigenvalue weighted by Gasteiger charge is 2.21. The second-order valence-electron chi connectivity index (χ2n) is 7.78. The lowest BCUT2D eigenvalue weighted by molar-refractivity contribution is -0.659. The minimum atomic E-state index is 0.745. The molecule has 1 saturated carbocycles. The number of hydrogen-bond donors (Lipinski definition) is 0. The predicted molar refractivity (Wildman–Crippen MR) is 106 cm³/mol. The van der Waals surface area contributed by atoms with Crippen molar-refractivity contribution >= 4 is 10.8 Å². The molecule has 0 radical (unpaired) electrons. The zero-order valence-corrected chi connectivity index (χ0v) is 15.7. The van der Waals surface area contributed by atoms with Crippen molar-refractivity contribution in [3.05, 3.63) is 65.4 Å². The van der Waals surface area contributed by atoms with Crippen LogP contribution in [-0.4, -0.2) is 0 Å². The SMILES string of the molecule is Cc1ccc2cc[n+](C)c(-c3cc(C4CCCCC4)ccc3C)c2c1. The van der Waals surface area contributed by atoms with Crippen molar-refractivity contribution in [1.29, 1.82) is 0 Å². The van der Waals surface area contributed by atoms with E-state index < -0.39 is 0 Å². The molecule has 1 aromatic heterocycles. The van der Waals surface area contributed by atoms with Gasteiger partial charge in [-0.2, -0.15) is 0 Å². The number of hydrogen-bond acceptors (Lipinski definition) is 0. The van der Waals surface area contributed by atoms with Gasteiger partial charge in [-0.3, -0.25) is 0 Å². The highest BCUT2D eigenvalue weighted by Crippen LogP contribution is 2.36. The van der Waals surface area contributed by atoms with E-state index in [1.165, 1.54) is 70.8 Å². The Hall–Kier alpha value is -2.15. The summed E-state index contributed by atoms with van der Waals surface area (Å²) in [6.07, 6.45) is 9.07. The lowest BCUT2D eigenvalue weighted by atomic mass is 9.82. The molecule has 0 amide bonds. The van der Waals surface area contributed by atoms with E-state index in [4.69, 9.17) is 0 Å². The summed E-state index contributed by atoms with van der Waals surface area (Å²) >= 11 is 0. The van der Waals surface area contributed by atoms with Gasteiger partial charge in [-0.1, -0.05) is 49.1 Å². The number of benzene rings is 2. The van der Waals surface area contributed by atoms with E-state index in [1.807, 2.05) is 0 Å². The van der Waals surface area contributed by atoms with Gasteiger partial charge in [0.1, 0.15) is 7.05 Å². The average Bonchev–Trinajstić information content (AvgIpc) is 2.63. The lowest BCUT2D eigenvalue weighted by Crippen LogP contribution is -2.30. The fourth-order valence-electron chi connectivity index (χ4n) is 4.40. The summed E-state index contributed by atoms with van der Waals surface area (Å²) < 4.78 is 2.29. The fourth-order valence-corrected chi connectivity index (χ4v) is 4.40. The monoisotopic (exact) mass is 330 g/mol. The largest absolute Gasteiger partial charge is 0.220 e. The van der Waals surface area contributed by atoms with E-state index in [0.29, 0.717) is 0 Å². The first-order valence-electron chi connectivity index (χ1n) is 9.63. The maximum absolute atomic E-state index is 2.47. The molecule has 4 rings (SSSR count). The Morgan fingerprint density at radius 3 is 2.48 bits per heavy atom. The number of aromatic nitrogens is 1. The predicted octanol–water partition coefficient (Wildman–Crippen LogP) is 6.00. The van der Waals surface area contributed by atoms with Crippen LogP contribution in [-0.2, 0) is 7.05 Å². The topological polar surface area (TPSA) is 3.88 Å². The van der Waals surface area contributed by atoms with E-state index in [1.54, 1.807) is 0 Å². The Morgan fingerprint density at radius 2 is 1.68 bits per heavy atom. The van der Waals surface area contributed by atoms with Crippen LogP contribution in [0.25, 0.3) is 22.0 Å². The zero-order chi connectivity index (χ0) is 17.4. The molecule has 1 heterocycles.